The van der Waals surface area contributed by atoms with E-state index in [2.05, 4.69) is 188 Å². The van der Waals surface area contributed by atoms with Gasteiger partial charge in [-0.25, -0.2) is 9.97 Å². The molecule has 0 unspecified atom stereocenters. The third kappa shape index (κ3) is 5.53. The molecule has 0 radical (unpaired) electrons. The summed E-state index contributed by atoms with van der Waals surface area (Å²) in [6, 6.07) is 68.7. The average molecular weight is 637 g/mol. The van der Waals surface area contributed by atoms with Gasteiger partial charge in [0, 0.05) is 16.5 Å². The van der Waals surface area contributed by atoms with Gasteiger partial charge in [0.1, 0.15) is 0 Å². The summed E-state index contributed by atoms with van der Waals surface area (Å²) in [6.07, 6.45) is 0. The molecule has 1 heterocycles. The molecule has 0 saturated heterocycles. The third-order valence-corrected chi connectivity index (χ3v) is 9.48. The van der Waals surface area contributed by atoms with E-state index in [1.165, 1.54) is 27.6 Å². The van der Waals surface area contributed by atoms with E-state index >= 15 is 0 Å². The van der Waals surface area contributed by atoms with Gasteiger partial charge in [0.2, 0.25) is 0 Å². The van der Waals surface area contributed by atoms with Gasteiger partial charge < -0.3 is 0 Å². The highest BCUT2D eigenvalue weighted by Crippen LogP contribution is 2.38. The molecule has 0 atom stereocenters. The molecule has 0 aliphatic heterocycles. The maximum atomic E-state index is 5.40. The second-order valence-electron chi connectivity index (χ2n) is 12.6. The van der Waals surface area contributed by atoms with Crippen LogP contribution < -0.4 is 0 Å². The molecule has 2 nitrogen and oxygen atoms in total. The zero-order chi connectivity index (χ0) is 33.3. The Labute approximate surface area is 292 Å². The molecule has 0 aliphatic rings. The van der Waals surface area contributed by atoms with Gasteiger partial charge in [0.15, 0.2) is 5.82 Å². The molecular formula is C48H32N2. The van der Waals surface area contributed by atoms with Crippen LogP contribution in [0.1, 0.15) is 0 Å². The highest BCUT2D eigenvalue weighted by Gasteiger charge is 2.17. The molecule has 0 N–H and O–H groups in total. The van der Waals surface area contributed by atoms with Crippen molar-refractivity contribution >= 4 is 21.7 Å². The first-order valence-corrected chi connectivity index (χ1v) is 17.0. The molecule has 9 aromatic rings. The van der Waals surface area contributed by atoms with Crippen molar-refractivity contribution in [1.29, 1.82) is 0 Å². The van der Waals surface area contributed by atoms with Crippen LogP contribution in [0.5, 0.6) is 0 Å². The quantitative estimate of drug-likeness (QED) is 0.170. The van der Waals surface area contributed by atoms with Gasteiger partial charge >= 0.3 is 0 Å². The Morgan fingerprint density at radius 2 is 0.780 bits per heavy atom. The van der Waals surface area contributed by atoms with E-state index in [0.717, 1.165) is 55.4 Å². The Morgan fingerprint density at radius 3 is 1.44 bits per heavy atom. The number of benzene rings is 8. The van der Waals surface area contributed by atoms with E-state index in [0.29, 0.717) is 5.82 Å². The van der Waals surface area contributed by atoms with Crippen LogP contribution in [0.2, 0.25) is 0 Å². The Hall–Kier alpha value is -6.64. The van der Waals surface area contributed by atoms with E-state index < -0.39 is 0 Å². The summed E-state index contributed by atoms with van der Waals surface area (Å²) >= 11 is 0. The summed E-state index contributed by atoms with van der Waals surface area (Å²) in [5.41, 5.74) is 13.3. The molecule has 0 fully saturated rings. The topological polar surface area (TPSA) is 25.8 Å². The lowest BCUT2D eigenvalue weighted by molar-refractivity contribution is 1.23. The molecule has 0 bridgehead atoms. The molecule has 0 spiro atoms. The van der Waals surface area contributed by atoms with E-state index in [1.807, 2.05) is 6.07 Å². The van der Waals surface area contributed by atoms with Crippen LogP contribution in [0, 0.1) is 0 Å². The molecule has 2 heteroatoms. The number of hydrogen-bond acceptors (Lipinski definition) is 2. The van der Waals surface area contributed by atoms with Gasteiger partial charge in [-0.3, -0.25) is 0 Å². The summed E-state index contributed by atoms with van der Waals surface area (Å²) < 4.78 is 0. The van der Waals surface area contributed by atoms with Crippen LogP contribution >= 0.6 is 0 Å². The zero-order valence-corrected chi connectivity index (χ0v) is 27.4. The molecule has 8 aromatic carbocycles. The van der Waals surface area contributed by atoms with Crippen molar-refractivity contribution in [2.45, 2.75) is 0 Å². The van der Waals surface area contributed by atoms with Gasteiger partial charge in [0.25, 0.3) is 0 Å². The second kappa shape index (κ2) is 12.8. The second-order valence-corrected chi connectivity index (χ2v) is 12.6. The highest BCUT2D eigenvalue weighted by molar-refractivity contribution is 6.12. The van der Waals surface area contributed by atoms with Crippen molar-refractivity contribution in [3.05, 3.63) is 194 Å². The number of nitrogens with zero attached hydrogens (tertiary/aromatic N) is 2. The predicted octanol–water partition coefficient (Wildman–Crippen LogP) is 12.8. The van der Waals surface area contributed by atoms with Gasteiger partial charge in [-0.1, -0.05) is 170 Å². The summed E-state index contributed by atoms with van der Waals surface area (Å²) in [4.78, 5) is 10.6. The van der Waals surface area contributed by atoms with Crippen molar-refractivity contribution in [2.75, 3.05) is 0 Å². The first kappa shape index (κ1) is 29.5. The summed E-state index contributed by atoms with van der Waals surface area (Å²) in [6.45, 7) is 0. The van der Waals surface area contributed by atoms with E-state index in [4.69, 9.17) is 9.97 Å². The van der Waals surface area contributed by atoms with Crippen LogP contribution in [0.15, 0.2) is 194 Å². The van der Waals surface area contributed by atoms with Crippen LogP contribution in [0.25, 0.3) is 88.8 Å². The maximum Gasteiger partial charge on any atom is 0.161 e. The van der Waals surface area contributed by atoms with Crippen molar-refractivity contribution in [1.82, 2.24) is 9.97 Å². The monoisotopic (exact) mass is 636 g/mol. The summed E-state index contributed by atoms with van der Waals surface area (Å²) in [7, 11) is 0. The van der Waals surface area contributed by atoms with E-state index in [1.54, 1.807) is 0 Å². The van der Waals surface area contributed by atoms with Gasteiger partial charge in [-0.15, -0.1) is 0 Å². The molecule has 9 rings (SSSR count). The highest BCUT2D eigenvalue weighted by atomic mass is 14.9. The first-order chi connectivity index (χ1) is 24.8. The minimum atomic E-state index is 0.716. The van der Waals surface area contributed by atoms with Gasteiger partial charge in [-0.2, -0.15) is 0 Å². The van der Waals surface area contributed by atoms with Gasteiger partial charge in [0.05, 0.1) is 11.2 Å². The number of rotatable bonds is 6. The van der Waals surface area contributed by atoms with E-state index in [-0.39, 0.29) is 0 Å². The number of aromatic nitrogens is 2. The summed E-state index contributed by atoms with van der Waals surface area (Å²) in [5.74, 6) is 0.716. The maximum absolute atomic E-state index is 5.40. The Morgan fingerprint density at radius 1 is 0.300 bits per heavy atom. The van der Waals surface area contributed by atoms with Crippen molar-refractivity contribution in [3.63, 3.8) is 0 Å². The van der Waals surface area contributed by atoms with Crippen molar-refractivity contribution < 1.29 is 0 Å². The summed E-state index contributed by atoms with van der Waals surface area (Å²) in [5, 5.41) is 3.38. The zero-order valence-electron chi connectivity index (χ0n) is 27.4. The minimum Gasteiger partial charge on any atom is -0.228 e. The van der Waals surface area contributed by atoms with Crippen molar-refractivity contribution in [2.24, 2.45) is 0 Å². The first-order valence-electron chi connectivity index (χ1n) is 17.0. The lowest BCUT2D eigenvalue weighted by Crippen LogP contribution is -1.97. The van der Waals surface area contributed by atoms with E-state index in [9.17, 15) is 0 Å². The molecule has 0 aliphatic carbocycles. The number of fused-ring (bicyclic) bond motifs is 3. The largest absolute Gasteiger partial charge is 0.228 e. The van der Waals surface area contributed by atoms with Crippen LogP contribution in [-0.4, -0.2) is 9.97 Å². The molecule has 0 saturated carbocycles. The lowest BCUT2D eigenvalue weighted by Gasteiger charge is -2.15. The minimum absolute atomic E-state index is 0.716. The fraction of sp³-hybridized carbons (Fsp3) is 0. The average Bonchev–Trinajstić information content (AvgIpc) is 3.21. The lowest BCUT2D eigenvalue weighted by atomic mass is 9.94. The molecule has 0 amide bonds. The normalized spacial score (nSPS) is 11.2. The molecular weight excluding hydrogens is 605 g/mol. The van der Waals surface area contributed by atoms with Gasteiger partial charge in [-0.05, 0) is 79.5 Å². The predicted molar refractivity (Wildman–Crippen MR) is 210 cm³/mol. The number of hydrogen-bond donors (Lipinski definition) is 0. The Bertz CT molecular complexity index is 2640. The molecule has 1 aromatic heterocycles. The van der Waals surface area contributed by atoms with Crippen LogP contribution in [0.4, 0.5) is 0 Å². The third-order valence-electron chi connectivity index (χ3n) is 9.48. The standard InChI is InChI=1S/C48H32N2/c1-3-14-33(15-4-1)36-19-11-20-37(30-36)38-21-12-22-39(31-38)40-23-13-24-41(32-40)47-46-43-26-8-7-18-35(43)28-29-45(46)49-48(50-47)44-27-10-9-25-42(44)34-16-5-2-6-17-34/h1-32H. The van der Waals surface area contributed by atoms with Crippen LogP contribution in [0.3, 0.4) is 0 Å². The molecule has 234 valence electrons. The fourth-order valence-electron chi connectivity index (χ4n) is 7.01. The van der Waals surface area contributed by atoms with Crippen LogP contribution in [-0.2, 0) is 0 Å². The Kier molecular flexibility index (Phi) is 7.53. The fourth-order valence-corrected chi connectivity index (χ4v) is 7.01. The Balaban J connectivity index is 1.19. The smallest absolute Gasteiger partial charge is 0.161 e. The SMILES string of the molecule is c1ccc(-c2cccc(-c3cccc(-c4cccc(-c5nc(-c6ccccc6-c6ccccc6)nc6ccc7ccccc7c56)c4)c3)c2)cc1. The van der Waals surface area contributed by atoms with Crippen molar-refractivity contribution in [3.8, 4) is 67.2 Å². The molecule has 50 heavy (non-hydrogen) atoms.